The van der Waals surface area contributed by atoms with Crippen molar-refractivity contribution in [3.05, 3.63) is 0 Å². The molecule has 0 aromatic rings. The minimum absolute atomic E-state index is 0.173. The number of methoxy groups -OCH3 is 1. The molecule has 1 aliphatic carbocycles. The summed E-state index contributed by atoms with van der Waals surface area (Å²) >= 11 is 0. The molecule has 0 aromatic carbocycles. The van der Waals surface area contributed by atoms with Gasteiger partial charge in [0, 0.05) is 19.8 Å². The Bertz CT molecular complexity index is 201. The summed E-state index contributed by atoms with van der Waals surface area (Å²) in [6.45, 7) is 4.00. The number of ether oxygens (including phenoxy) is 2. The maximum atomic E-state index is 9.23. The van der Waals surface area contributed by atoms with E-state index in [1.165, 1.54) is 6.42 Å². The van der Waals surface area contributed by atoms with Gasteiger partial charge in [0.05, 0.1) is 18.8 Å². The van der Waals surface area contributed by atoms with Gasteiger partial charge in [0.1, 0.15) is 0 Å². The Labute approximate surface area is 111 Å². The topological polar surface area (TPSA) is 50.7 Å². The van der Waals surface area contributed by atoms with E-state index in [1.54, 1.807) is 7.11 Å². The fourth-order valence-corrected chi connectivity index (χ4v) is 2.45. The van der Waals surface area contributed by atoms with Crippen LogP contribution in [0.2, 0.25) is 0 Å². The molecule has 0 amide bonds. The lowest BCUT2D eigenvalue weighted by molar-refractivity contribution is -0.0324. The van der Waals surface area contributed by atoms with Crippen LogP contribution < -0.4 is 5.32 Å². The molecular weight excluding hydrogens is 230 g/mol. The molecule has 1 saturated carbocycles. The second kappa shape index (κ2) is 9.73. The van der Waals surface area contributed by atoms with Gasteiger partial charge in [-0.3, -0.25) is 0 Å². The van der Waals surface area contributed by atoms with E-state index in [1.807, 2.05) is 0 Å². The molecule has 0 radical (unpaired) electrons. The summed E-state index contributed by atoms with van der Waals surface area (Å²) in [5.74, 6) is 0. The average Bonchev–Trinajstić information content (AvgIpc) is 2.43. The first-order valence-corrected chi connectivity index (χ1v) is 7.28. The van der Waals surface area contributed by atoms with E-state index < -0.39 is 0 Å². The third-order valence-electron chi connectivity index (χ3n) is 3.63. The van der Waals surface area contributed by atoms with Crippen LogP contribution in [-0.2, 0) is 9.47 Å². The lowest BCUT2D eigenvalue weighted by Gasteiger charge is -2.28. The summed E-state index contributed by atoms with van der Waals surface area (Å²) in [6.07, 6.45) is 7.20. The summed E-state index contributed by atoms with van der Waals surface area (Å²) in [6, 6.07) is 0.173. The minimum Gasteiger partial charge on any atom is -0.395 e. The number of aliphatic hydroxyl groups excluding tert-OH is 1. The van der Waals surface area contributed by atoms with Crippen LogP contribution in [0.1, 0.15) is 45.4 Å². The molecule has 108 valence electrons. The highest BCUT2D eigenvalue weighted by Gasteiger charge is 2.22. The van der Waals surface area contributed by atoms with Crippen molar-refractivity contribution in [2.75, 3.05) is 26.9 Å². The van der Waals surface area contributed by atoms with Gasteiger partial charge >= 0.3 is 0 Å². The smallest absolute Gasteiger partial charge is 0.0599 e. The van der Waals surface area contributed by atoms with Crippen molar-refractivity contribution in [3.8, 4) is 0 Å². The number of aliphatic hydroxyl groups is 1. The minimum atomic E-state index is 0.173. The van der Waals surface area contributed by atoms with Gasteiger partial charge in [-0.15, -0.1) is 0 Å². The van der Waals surface area contributed by atoms with Gasteiger partial charge < -0.3 is 19.9 Å². The summed E-state index contributed by atoms with van der Waals surface area (Å²) < 4.78 is 11.3. The molecule has 0 aliphatic heterocycles. The van der Waals surface area contributed by atoms with Gasteiger partial charge in [-0.2, -0.15) is 0 Å². The van der Waals surface area contributed by atoms with Crippen LogP contribution in [0.5, 0.6) is 0 Å². The molecular formula is C14H29NO3. The molecule has 3 atom stereocenters. The van der Waals surface area contributed by atoms with Crippen LogP contribution in [0.3, 0.4) is 0 Å². The number of hydrogen-bond acceptors (Lipinski definition) is 4. The van der Waals surface area contributed by atoms with Crippen LogP contribution in [0.25, 0.3) is 0 Å². The molecule has 1 fully saturated rings. The first-order chi connectivity index (χ1) is 8.80. The van der Waals surface area contributed by atoms with Crippen molar-refractivity contribution in [1.29, 1.82) is 0 Å². The second-order valence-corrected chi connectivity index (χ2v) is 5.14. The van der Waals surface area contributed by atoms with Crippen molar-refractivity contribution in [3.63, 3.8) is 0 Å². The highest BCUT2D eigenvalue weighted by molar-refractivity contribution is 4.74. The lowest BCUT2D eigenvalue weighted by atomic mass is 9.95. The molecule has 0 spiro atoms. The number of rotatable bonds is 9. The van der Waals surface area contributed by atoms with Crippen molar-refractivity contribution in [1.82, 2.24) is 5.32 Å². The molecule has 0 heterocycles. The molecule has 1 aliphatic rings. The van der Waals surface area contributed by atoms with E-state index in [0.29, 0.717) is 12.2 Å². The summed E-state index contributed by atoms with van der Waals surface area (Å²) in [5, 5.41) is 12.6. The molecule has 0 bridgehead atoms. The fraction of sp³-hybridized carbons (Fsp3) is 1.00. The zero-order valence-electron chi connectivity index (χ0n) is 11.9. The molecule has 2 N–H and O–H groups in total. The van der Waals surface area contributed by atoms with Gasteiger partial charge in [0.2, 0.25) is 0 Å². The lowest BCUT2D eigenvalue weighted by Crippen LogP contribution is -2.35. The number of nitrogens with one attached hydrogen (secondary N) is 1. The van der Waals surface area contributed by atoms with E-state index in [0.717, 1.165) is 45.3 Å². The van der Waals surface area contributed by atoms with Crippen molar-refractivity contribution >= 4 is 0 Å². The van der Waals surface area contributed by atoms with E-state index in [2.05, 4.69) is 12.2 Å². The fourth-order valence-electron chi connectivity index (χ4n) is 2.45. The van der Waals surface area contributed by atoms with Gasteiger partial charge in [-0.1, -0.05) is 6.92 Å². The van der Waals surface area contributed by atoms with Crippen molar-refractivity contribution < 1.29 is 14.6 Å². The van der Waals surface area contributed by atoms with Crippen LogP contribution >= 0.6 is 0 Å². The summed E-state index contributed by atoms with van der Waals surface area (Å²) in [7, 11) is 1.78. The Morgan fingerprint density at radius 2 is 2.11 bits per heavy atom. The van der Waals surface area contributed by atoms with E-state index in [9.17, 15) is 5.11 Å². The standard InChI is InChI=1S/C14H29NO3/c1-3-8-15-12(11-16)7-9-18-14-6-4-5-13(10-14)17-2/h12-16H,3-11H2,1-2H3. The van der Waals surface area contributed by atoms with E-state index in [4.69, 9.17) is 9.47 Å². The molecule has 3 unspecified atom stereocenters. The summed E-state index contributed by atoms with van der Waals surface area (Å²) in [4.78, 5) is 0. The quantitative estimate of drug-likeness (QED) is 0.662. The Morgan fingerprint density at radius 3 is 2.78 bits per heavy atom. The predicted octanol–water partition coefficient (Wildman–Crippen LogP) is 1.71. The largest absolute Gasteiger partial charge is 0.395 e. The monoisotopic (exact) mass is 259 g/mol. The Hall–Kier alpha value is -0.160. The zero-order chi connectivity index (χ0) is 13.2. The van der Waals surface area contributed by atoms with Crippen molar-refractivity contribution in [2.45, 2.75) is 63.7 Å². The molecule has 0 saturated heterocycles. The predicted molar refractivity (Wildman–Crippen MR) is 72.8 cm³/mol. The maximum Gasteiger partial charge on any atom is 0.0599 e. The summed E-state index contributed by atoms with van der Waals surface area (Å²) in [5.41, 5.74) is 0. The first-order valence-electron chi connectivity index (χ1n) is 7.28. The van der Waals surface area contributed by atoms with E-state index in [-0.39, 0.29) is 12.6 Å². The molecule has 18 heavy (non-hydrogen) atoms. The first kappa shape index (κ1) is 15.9. The SMILES string of the molecule is CCCNC(CO)CCOC1CCCC(OC)C1. The maximum absolute atomic E-state index is 9.23. The van der Waals surface area contributed by atoms with Gasteiger partial charge in [0.15, 0.2) is 0 Å². The van der Waals surface area contributed by atoms with Gasteiger partial charge in [-0.05, 0) is 45.1 Å². The Balaban J connectivity index is 2.11. The van der Waals surface area contributed by atoms with Crippen LogP contribution in [0, 0.1) is 0 Å². The van der Waals surface area contributed by atoms with Crippen LogP contribution in [0.15, 0.2) is 0 Å². The molecule has 4 nitrogen and oxygen atoms in total. The van der Waals surface area contributed by atoms with Crippen molar-refractivity contribution in [2.24, 2.45) is 0 Å². The van der Waals surface area contributed by atoms with Crippen LogP contribution in [0.4, 0.5) is 0 Å². The zero-order valence-corrected chi connectivity index (χ0v) is 11.9. The molecule has 0 aromatic heterocycles. The van der Waals surface area contributed by atoms with E-state index >= 15 is 0 Å². The van der Waals surface area contributed by atoms with Gasteiger partial charge in [0.25, 0.3) is 0 Å². The molecule has 4 heteroatoms. The second-order valence-electron chi connectivity index (χ2n) is 5.14. The Kier molecular flexibility index (Phi) is 8.59. The highest BCUT2D eigenvalue weighted by atomic mass is 16.5. The average molecular weight is 259 g/mol. The number of hydrogen-bond donors (Lipinski definition) is 2. The Morgan fingerprint density at radius 1 is 1.33 bits per heavy atom. The molecule has 1 rings (SSSR count). The van der Waals surface area contributed by atoms with Crippen LogP contribution in [-0.4, -0.2) is 50.2 Å². The van der Waals surface area contributed by atoms with Gasteiger partial charge in [-0.25, -0.2) is 0 Å². The normalized spacial score (nSPS) is 26.2. The highest BCUT2D eigenvalue weighted by Crippen LogP contribution is 2.23. The third kappa shape index (κ3) is 6.14. The third-order valence-corrected chi connectivity index (χ3v) is 3.63.